The second-order valence-corrected chi connectivity index (χ2v) is 6.37. The average Bonchev–Trinajstić information content (AvgIpc) is 3.21. The zero-order chi connectivity index (χ0) is 21.5. The van der Waals surface area contributed by atoms with Crippen LogP contribution in [-0.4, -0.2) is 51.6 Å². The number of rotatable bonds is 7. The lowest BCUT2D eigenvalue weighted by molar-refractivity contribution is -0.148. The summed E-state index contributed by atoms with van der Waals surface area (Å²) in [5.74, 6) is -1.02. The molecule has 0 radical (unpaired) electrons. The molecule has 3 aromatic rings. The van der Waals surface area contributed by atoms with Crippen molar-refractivity contribution >= 4 is 23.5 Å². The molecule has 2 amide bonds. The summed E-state index contributed by atoms with van der Waals surface area (Å²) in [5, 5.41) is 17.0. The van der Waals surface area contributed by atoms with Gasteiger partial charge in [0.05, 0.1) is 0 Å². The van der Waals surface area contributed by atoms with Gasteiger partial charge in [0.25, 0.3) is 11.8 Å². The van der Waals surface area contributed by atoms with E-state index >= 15 is 0 Å². The van der Waals surface area contributed by atoms with Crippen LogP contribution in [0.2, 0.25) is 0 Å². The second kappa shape index (κ2) is 9.41. The smallest absolute Gasteiger partial charge is 0.330 e. The summed E-state index contributed by atoms with van der Waals surface area (Å²) in [7, 11) is 1.53. The first-order chi connectivity index (χ1) is 14.4. The molecule has 0 aliphatic heterocycles. The van der Waals surface area contributed by atoms with Gasteiger partial charge in [0.15, 0.2) is 13.2 Å². The van der Waals surface area contributed by atoms with Gasteiger partial charge in [0.2, 0.25) is 5.82 Å². The van der Waals surface area contributed by atoms with E-state index < -0.39 is 18.5 Å². The van der Waals surface area contributed by atoms with Gasteiger partial charge < -0.3 is 15.4 Å². The Morgan fingerprint density at radius 1 is 1.03 bits per heavy atom. The van der Waals surface area contributed by atoms with Gasteiger partial charge in [-0.05, 0) is 36.4 Å². The van der Waals surface area contributed by atoms with Gasteiger partial charge in [-0.25, -0.2) is 4.79 Å². The van der Waals surface area contributed by atoms with E-state index in [9.17, 15) is 14.4 Å². The number of hydrogen-bond donors (Lipinski definition) is 2. The Hall–Kier alpha value is -4.08. The number of aromatic nitrogens is 4. The number of carbonyl (C=O) groups excluding carboxylic acids is 3. The van der Waals surface area contributed by atoms with Gasteiger partial charge in [-0.15, -0.1) is 10.2 Å². The zero-order valence-electron chi connectivity index (χ0n) is 16.5. The van der Waals surface area contributed by atoms with Crippen molar-refractivity contribution in [3.63, 3.8) is 0 Å². The zero-order valence-corrected chi connectivity index (χ0v) is 16.5. The van der Waals surface area contributed by atoms with Crippen LogP contribution in [0.1, 0.15) is 15.9 Å². The predicted octanol–water partition coefficient (Wildman–Crippen LogP) is 1.19. The molecule has 0 unspecified atom stereocenters. The van der Waals surface area contributed by atoms with E-state index in [-0.39, 0.29) is 12.5 Å². The minimum absolute atomic E-state index is 0.228. The number of nitrogens with zero attached hydrogens (tertiary/aromatic N) is 4. The number of ether oxygens (including phenoxy) is 1. The Labute approximate surface area is 172 Å². The highest BCUT2D eigenvalue weighted by atomic mass is 16.5. The van der Waals surface area contributed by atoms with Crippen LogP contribution in [-0.2, 0) is 20.9 Å². The molecule has 154 valence electrons. The van der Waals surface area contributed by atoms with Crippen LogP contribution in [0.15, 0.2) is 48.5 Å². The Morgan fingerprint density at radius 2 is 1.73 bits per heavy atom. The molecule has 2 aromatic carbocycles. The molecule has 0 fully saturated rings. The molecule has 0 atom stereocenters. The third-order valence-corrected chi connectivity index (χ3v) is 4.06. The fourth-order valence-corrected chi connectivity index (χ4v) is 2.48. The molecule has 3 rings (SSSR count). The van der Waals surface area contributed by atoms with Crippen LogP contribution in [0.25, 0.3) is 11.4 Å². The standard InChI is InChI=1S/C20H20N6O4/c1-13-3-5-14(6-4-13)19-23-25-26(24-19)11-18(28)30-12-17(27)22-16-9-7-15(8-10-16)20(29)21-2/h3-10H,11-12H2,1-2H3,(H,21,29)(H,22,27). The monoisotopic (exact) mass is 408 g/mol. The second-order valence-electron chi connectivity index (χ2n) is 6.37. The molecule has 30 heavy (non-hydrogen) atoms. The molecule has 0 spiro atoms. The highest BCUT2D eigenvalue weighted by Crippen LogP contribution is 2.14. The summed E-state index contributed by atoms with van der Waals surface area (Å²) >= 11 is 0. The number of carbonyl (C=O) groups is 3. The molecule has 0 aliphatic rings. The van der Waals surface area contributed by atoms with Crippen molar-refractivity contribution in [3.05, 3.63) is 59.7 Å². The lowest BCUT2D eigenvalue weighted by Crippen LogP contribution is -2.23. The van der Waals surface area contributed by atoms with Gasteiger partial charge >= 0.3 is 5.97 Å². The van der Waals surface area contributed by atoms with Crippen LogP contribution in [0.4, 0.5) is 5.69 Å². The molecule has 1 heterocycles. The summed E-state index contributed by atoms with van der Waals surface area (Å²) < 4.78 is 4.95. The molecule has 10 nitrogen and oxygen atoms in total. The fraction of sp³-hybridized carbons (Fsp3) is 0.200. The number of nitrogens with one attached hydrogen (secondary N) is 2. The van der Waals surface area contributed by atoms with E-state index in [2.05, 4.69) is 26.0 Å². The average molecular weight is 408 g/mol. The summed E-state index contributed by atoms with van der Waals surface area (Å²) in [6.07, 6.45) is 0. The number of anilines is 1. The fourth-order valence-electron chi connectivity index (χ4n) is 2.48. The van der Waals surface area contributed by atoms with Gasteiger partial charge in [-0.1, -0.05) is 29.8 Å². The molecular weight excluding hydrogens is 388 g/mol. The van der Waals surface area contributed by atoms with E-state index in [1.54, 1.807) is 24.3 Å². The maximum absolute atomic E-state index is 11.9. The predicted molar refractivity (Wildman–Crippen MR) is 107 cm³/mol. The van der Waals surface area contributed by atoms with Gasteiger partial charge in [0.1, 0.15) is 0 Å². The lowest BCUT2D eigenvalue weighted by Gasteiger charge is -2.07. The maximum atomic E-state index is 11.9. The highest BCUT2D eigenvalue weighted by Gasteiger charge is 2.12. The minimum Gasteiger partial charge on any atom is -0.454 e. The summed E-state index contributed by atoms with van der Waals surface area (Å²) in [6.45, 7) is 1.24. The number of benzene rings is 2. The van der Waals surface area contributed by atoms with Crippen molar-refractivity contribution < 1.29 is 19.1 Å². The van der Waals surface area contributed by atoms with Crippen LogP contribution >= 0.6 is 0 Å². The normalized spacial score (nSPS) is 10.3. The number of tetrazole rings is 1. The third-order valence-electron chi connectivity index (χ3n) is 4.06. The largest absolute Gasteiger partial charge is 0.454 e. The van der Waals surface area contributed by atoms with Crippen molar-refractivity contribution in [1.29, 1.82) is 0 Å². The number of esters is 1. The van der Waals surface area contributed by atoms with Crippen LogP contribution in [0, 0.1) is 6.92 Å². The van der Waals surface area contributed by atoms with E-state index in [1.165, 1.54) is 7.05 Å². The van der Waals surface area contributed by atoms with Crippen molar-refractivity contribution in [2.24, 2.45) is 0 Å². The molecule has 0 saturated carbocycles. The van der Waals surface area contributed by atoms with Crippen LogP contribution in [0.5, 0.6) is 0 Å². The Morgan fingerprint density at radius 3 is 2.40 bits per heavy atom. The van der Waals surface area contributed by atoms with Crippen molar-refractivity contribution in [3.8, 4) is 11.4 Å². The molecule has 2 N–H and O–H groups in total. The molecule has 0 bridgehead atoms. The van der Waals surface area contributed by atoms with E-state index in [0.29, 0.717) is 17.1 Å². The SMILES string of the molecule is CNC(=O)c1ccc(NC(=O)COC(=O)Cn2nnc(-c3ccc(C)cc3)n2)cc1. The number of amides is 2. The van der Waals surface area contributed by atoms with Crippen molar-refractivity contribution in [1.82, 2.24) is 25.5 Å². The van der Waals surface area contributed by atoms with Gasteiger partial charge in [-0.3, -0.25) is 9.59 Å². The van der Waals surface area contributed by atoms with Gasteiger partial charge in [-0.2, -0.15) is 4.80 Å². The molecule has 0 saturated heterocycles. The number of aryl methyl sites for hydroxylation is 1. The Kier molecular flexibility index (Phi) is 6.48. The quantitative estimate of drug-likeness (QED) is 0.562. The van der Waals surface area contributed by atoms with E-state index in [0.717, 1.165) is 15.9 Å². The Bertz CT molecular complexity index is 1040. The number of hydrogen-bond acceptors (Lipinski definition) is 7. The maximum Gasteiger partial charge on any atom is 0.330 e. The first-order valence-corrected chi connectivity index (χ1v) is 9.07. The first-order valence-electron chi connectivity index (χ1n) is 9.07. The van der Waals surface area contributed by atoms with E-state index in [4.69, 9.17) is 4.74 Å². The molecule has 1 aromatic heterocycles. The van der Waals surface area contributed by atoms with Crippen LogP contribution < -0.4 is 10.6 Å². The first kappa shape index (κ1) is 20.6. The van der Waals surface area contributed by atoms with Crippen molar-refractivity contribution in [2.45, 2.75) is 13.5 Å². The van der Waals surface area contributed by atoms with E-state index in [1.807, 2.05) is 31.2 Å². The summed E-state index contributed by atoms with van der Waals surface area (Å²) in [5.41, 5.74) is 2.83. The summed E-state index contributed by atoms with van der Waals surface area (Å²) in [6, 6.07) is 13.9. The minimum atomic E-state index is -0.673. The van der Waals surface area contributed by atoms with Crippen molar-refractivity contribution in [2.75, 3.05) is 19.0 Å². The van der Waals surface area contributed by atoms with Crippen LogP contribution in [0.3, 0.4) is 0 Å². The summed E-state index contributed by atoms with van der Waals surface area (Å²) in [4.78, 5) is 36.5. The Balaban J connectivity index is 1.47. The molecule has 0 aliphatic carbocycles. The molecule has 10 heteroatoms. The third kappa shape index (κ3) is 5.47. The topological polar surface area (TPSA) is 128 Å². The highest BCUT2D eigenvalue weighted by molar-refractivity contribution is 5.96. The molecular formula is C20H20N6O4. The van der Waals surface area contributed by atoms with Gasteiger partial charge in [0, 0.05) is 23.9 Å². The lowest BCUT2D eigenvalue weighted by atomic mass is 10.1.